The number of aromatic nitrogens is 2. The Morgan fingerprint density at radius 1 is 1.53 bits per heavy atom. The summed E-state index contributed by atoms with van der Waals surface area (Å²) in [6.45, 7) is 3.39. The summed E-state index contributed by atoms with van der Waals surface area (Å²) >= 11 is 0. The Kier molecular flexibility index (Phi) is 4.87. The first kappa shape index (κ1) is 15.0. The van der Waals surface area contributed by atoms with Gasteiger partial charge in [0.05, 0.1) is 12.3 Å². The lowest BCUT2D eigenvalue weighted by atomic mass is 10.2. The minimum Gasteiger partial charge on any atom is -0.480 e. The SMILES string of the molecule is Cc1c(CNC(=O)N[C@H](C(=O)O)[C@@H](C)O)cnn1C. The number of rotatable bonds is 5. The van der Waals surface area contributed by atoms with Crippen molar-refractivity contribution in [2.75, 3.05) is 0 Å². The zero-order valence-electron chi connectivity index (χ0n) is 11.0. The van der Waals surface area contributed by atoms with E-state index in [9.17, 15) is 14.7 Å². The van der Waals surface area contributed by atoms with Gasteiger partial charge in [-0.05, 0) is 13.8 Å². The van der Waals surface area contributed by atoms with E-state index in [2.05, 4.69) is 15.7 Å². The number of aliphatic carboxylic acids is 1. The zero-order chi connectivity index (χ0) is 14.6. The van der Waals surface area contributed by atoms with Crippen molar-refractivity contribution in [1.82, 2.24) is 20.4 Å². The van der Waals surface area contributed by atoms with E-state index < -0.39 is 24.1 Å². The Hall–Kier alpha value is -2.09. The summed E-state index contributed by atoms with van der Waals surface area (Å²) in [4.78, 5) is 22.3. The second kappa shape index (κ2) is 6.19. The number of carboxylic acid groups (broad SMARTS) is 1. The van der Waals surface area contributed by atoms with Crippen LogP contribution in [0.4, 0.5) is 4.79 Å². The average Bonchev–Trinajstić information content (AvgIpc) is 2.63. The summed E-state index contributed by atoms with van der Waals surface area (Å²) in [5, 5.41) is 26.8. The Balaban J connectivity index is 2.52. The van der Waals surface area contributed by atoms with Gasteiger partial charge in [-0.2, -0.15) is 5.10 Å². The quantitative estimate of drug-likeness (QED) is 0.568. The molecule has 0 aliphatic heterocycles. The maximum absolute atomic E-state index is 11.5. The maximum atomic E-state index is 11.5. The standard InChI is InChI=1S/C11H18N4O4/c1-6-8(5-13-15(6)3)4-12-11(19)14-9(7(2)16)10(17)18/h5,7,9,16H,4H2,1-3H3,(H,17,18)(H2,12,14,19)/t7-,9+/m1/s1. The number of carbonyl (C=O) groups is 2. The molecule has 0 aliphatic rings. The minimum absolute atomic E-state index is 0.234. The highest BCUT2D eigenvalue weighted by molar-refractivity contribution is 5.82. The van der Waals surface area contributed by atoms with E-state index in [0.29, 0.717) is 0 Å². The van der Waals surface area contributed by atoms with Crippen molar-refractivity contribution in [3.8, 4) is 0 Å². The smallest absolute Gasteiger partial charge is 0.328 e. The molecule has 8 nitrogen and oxygen atoms in total. The minimum atomic E-state index is -1.34. The first-order chi connectivity index (χ1) is 8.82. The number of hydrogen-bond acceptors (Lipinski definition) is 4. The molecule has 4 N–H and O–H groups in total. The molecule has 1 rings (SSSR count). The monoisotopic (exact) mass is 270 g/mol. The fraction of sp³-hybridized carbons (Fsp3) is 0.545. The van der Waals surface area contributed by atoms with Gasteiger partial charge in [-0.3, -0.25) is 4.68 Å². The van der Waals surface area contributed by atoms with Gasteiger partial charge in [-0.1, -0.05) is 0 Å². The summed E-state index contributed by atoms with van der Waals surface area (Å²) in [5.41, 5.74) is 1.74. The van der Waals surface area contributed by atoms with Crippen molar-refractivity contribution < 1.29 is 19.8 Å². The van der Waals surface area contributed by atoms with Gasteiger partial charge in [0.15, 0.2) is 6.04 Å². The normalized spacial score (nSPS) is 13.7. The molecule has 0 aliphatic carbocycles. The molecule has 106 valence electrons. The van der Waals surface area contributed by atoms with E-state index >= 15 is 0 Å². The van der Waals surface area contributed by atoms with Crippen LogP contribution in [0.25, 0.3) is 0 Å². The highest BCUT2D eigenvalue weighted by Crippen LogP contribution is 2.04. The van der Waals surface area contributed by atoms with Gasteiger partial charge in [0.25, 0.3) is 0 Å². The second-order valence-corrected chi connectivity index (χ2v) is 4.26. The summed E-state index contributed by atoms with van der Waals surface area (Å²) < 4.78 is 1.67. The Bertz CT molecular complexity index is 469. The van der Waals surface area contributed by atoms with Crippen molar-refractivity contribution in [1.29, 1.82) is 0 Å². The highest BCUT2D eigenvalue weighted by atomic mass is 16.4. The van der Waals surface area contributed by atoms with E-state index in [-0.39, 0.29) is 6.54 Å². The molecule has 0 aromatic carbocycles. The molecule has 0 fully saturated rings. The van der Waals surface area contributed by atoms with Gasteiger partial charge < -0.3 is 20.8 Å². The molecular formula is C11H18N4O4. The molecule has 19 heavy (non-hydrogen) atoms. The molecule has 8 heteroatoms. The zero-order valence-corrected chi connectivity index (χ0v) is 11.0. The number of urea groups is 1. The van der Waals surface area contributed by atoms with Crippen molar-refractivity contribution in [2.24, 2.45) is 7.05 Å². The molecule has 1 aromatic rings. The number of carbonyl (C=O) groups excluding carboxylic acids is 1. The predicted octanol–water partition coefficient (Wildman–Crippen LogP) is -0.638. The third-order valence-electron chi connectivity index (χ3n) is 2.81. The largest absolute Gasteiger partial charge is 0.480 e. The van der Waals surface area contributed by atoms with Crippen LogP contribution in [0.5, 0.6) is 0 Å². The van der Waals surface area contributed by atoms with Crippen LogP contribution in [-0.2, 0) is 18.4 Å². The molecule has 0 saturated heterocycles. The summed E-state index contributed by atoms with van der Waals surface area (Å²) in [6, 6.07) is -1.99. The Morgan fingerprint density at radius 3 is 2.58 bits per heavy atom. The molecule has 1 aromatic heterocycles. The van der Waals surface area contributed by atoms with E-state index in [4.69, 9.17) is 5.11 Å². The molecule has 0 unspecified atom stereocenters. The molecule has 1 heterocycles. The van der Waals surface area contributed by atoms with Crippen LogP contribution < -0.4 is 10.6 Å². The number of carboxylic acids is 1. The van der Waals surface area contributed by atoms with Gasteiger partial charge in [-0.15, -0.1) is 0 Å². The van der Waals surface area contributed by atoms with Crippen molar-refractivity contribution >= 4 is 12.0 Å². The van der Waals surface area contributed by atoms with Crippen LogP contribution in [0.3, 0.4) is 0 Å². The number of hydrogen-bond donors (Lipinski definition) is 4. The van der Waals surface area contributed by atoms with E-state index in [1.807, 2.05) is 6.92 Å². The first-order valence-corrected chi connectivity index (χ1v) is 5.75. The summed E-state index contributed by atoms with van der Waals surface area (Å²) in [7, 11) is 1.78. The highest BCUT2D eigenvalue weighted by Gasteiger charge is 2.24. The maximum Gasteiger partial charge on any atom is 0.328 e. The van der Waals surface area contributed by atoms with Crippen molar-refractivity contribution in [3.05, 3.63) is 17.5 Å². The number of aryl methyl sites for hydroxylation is 1. The van der Waals surface area contributed by atoms with E-state index in [1.165, 1.54) is 6.92 Å². The second-order valence-electron chi connectivity index (χ2n) is 4.26. The molecule has 0 saturated carbocycles. The van der Waals surface area contributed by atoms with E-state index in [1.54, 1.807) is 17.9 Å². The molecule has 0 radical (unpaired) electrons. The van der Waals surface area contributed by atoms with Crippen LogP contribution in [0.15, 0.2) is 6.20 Å². The Morgan fingerprint density at radius 2 is 2.16 bits per heavy atom. The average molecular weight is 270 g/mol. The fourth-order valence-electron chi connectivity index (χ4n) is 1.47. The molecule has 2 amide bonds. The third-order valence-corrected chi connectivity index (χ3v) is 2.81. The lowest BCUT2D eigenvalue weighted by Gasteiger charge is -2.17. The first-order valence-electron chi connectivity index (χ1n) is 5.75. The van der Waals surface area contributed by atoms with Gasteiger partial charge in [0.1, 0.15) is 0 Å². The van der Waals surface area contributed by atoms with Gasteiger partial charge in [0.2, 0.25) is 0 Å². The van der Waals surface area contributed by atoms with Crippen LogP contribution in [0.1, 0.15) is 18.2 Å². The number of aliphatic hydroxyl groups excluding tert-OH is 1. The third kappa shape index (κ3) is 3.95. The van der Waals surface area contributed by atoms with Gasteiger partial charge >= 0.3 is 12.0 Å². The topological polar surface area (TPSA) is 116 Å². The number of nitrogens with one attached hydrogen (secondary N) is 2. The number of nitrogens with zero attached hydrogens (tertiary/aromatic N) is 2. The van der Waals surface area contributed by atoms with Crippen LogP contribution >= 0.6 is 0 Å². The van der Waals surface area contributed by atoms with Gasteiger partial charge in [-0.25, -0.2) is 9.59 Å². The molecular weight excluding hydrogens is 252 g/mol. The lowest BCUT2D eigenvalue weighted by Crippen LogP contribution is -2.50. The van der Waals surface area contributed by atoms with Gasteiger partial charge in [0, 0.05) is 24.8 Å². The van der Waals surface area contributed by atoms with E-state index in [0.717, 1.165) is 11.3 Å². The molecule has 0 bridgehead atoms. The predicted molar refractivity (Wildman–Crippen MR) is 66.4 cm³/mol. The van der Waals surface area contributed by atoms with Crippen molar-refractivity contribution in [2.45, 2.75) is 32.5 Å². The van der Waals surface area contributed by atoms with Crippen LogP contribution in [-0.4, -0.2) is 44.1 Å². The van der Waals surface area contributed by atoms with Crippen LogP contribution in [0.2, 0.25) is 0 Å². The van der Waals surface area contributed by atoms with Crippen molar-refractivity contribution in [3.63, 3.8) is 0 Å². The van der Waals surface area contributed by atoms with Crippen LogP contribution in [0, 0.1) is 6.92 Å². The summed E-state index contributed by atoms with van der Waals surface area (Å²) in [5.74, 6) is -1.29. The fourth-order valence-corrected chi connectivity index (χ4v) is 1.47. The summed E-state index contributed by atoms with van der Waals surface area (Å²) in [6.07, 6.45) is 0.447. The Labute approximate surface area is 110 Å². The molecule has 0 spiro atoms. The lowest BCUT2D eigenvalue weighted by molar-refractivity contribution is -0.141. The number of aliphatic hydroxyl groups is 1. The molecule has 2 atom stereocenters. The number of amides is 2.